The summed E-state index contributed by atoms with van der Waals surface area (Å²) in [6, 6.07) is 6.21. The molecule has 1 heterocycles. The second-order valence-corrected chi connectivity index (χ2v) is 5.09. The summed E-state index contributed by atoms with van der Waals surface area (Å²) >= 11 is 0. The van der Waals surface area contributed by atoms with Gasteiger partial charge in [-0.25, -0.2) is 4.98 Å². The summed E-state index contributed by atoms with van der Waals surface area (Å²) in [6.07, 6.45) is 1.00. The maximum absolute atomic E-state index is 12.0. The number of fused-ring (bicyclic) bond motifs is 1. The highest BCUT2D eigenvalue weighted by Gasteiger charge is 2.23. The van der Waals surface area contributed by atoms with Crippen molar-refractivity contribution in [2.75, 3.05) is 6.61 Å². The molecule has 2 aromatic rings. The number of imidazole rings is 1. The Morgan fingerprint density at radius 2 is 2.15 bits per heavy atom. The predicted molar refractivity (Wildman–Crippen MR) is 79.8 cm³/mol. The van der Waals surface area contributed by atoms with Gasteiger partial charge in [0.2, 0.25) is 0 Å². The number of ether oxygens (including phenoxy) is 1. The lowest BCUT2D eigenvalue weighted by atomic mass is 10.1. The standard InChI is InChI=1S/C16H22N2O2/c1-5-9-18-14-8-7-11(3)10-13(14)17-15(18)12(4)16(19)20-6-2/h7-8,10,12H,5-6,9H2,1-4H3. The molecular weight excluding hydrogens is 252 g/mol. The van der Waals surface area contributed by atoms with E-state index in [1.807, 2.05) is 20.8 Å². The van der Waals surface area contributed by atoms with E-state index in [1.54, 1.807) is 0 Å². The van der Waals surface area contributed by atoms with Crippen LogP contribution in [-0.4, -0.2) is 22.1 Å². The largest absolute Gasteiger partial charge is 0.465 e. The Bertz CT molecular complexity index is 616. The molecule has 0 N–H and O–H groups in total. The van der Waals surface area contributed by atoms with Gasteiger partial charge in [0.25, 0.3) is 0 Å². The van der Waals surface area contributed by atoms with Crippen molar-refractivity contribution in [3.63, 3.8) is 0 Å². The van der Waals surface area contributed by atoms with Crippen LogP contribution in [0.15, 0.2) is 18.2 Å². The van der Waals surface area contributed by atoms with E-state index in [1.165, 1.54) is 5.56 Å². The number of aryl methyl sites for hydroxylation is 2. The third-order valence-corrected chi connectivity index (χ3v) is 3.41. The molecule has 0 radical (unpaired) electrons. The van der Waals surface area contributed by atoms with Crippen molar-refractivity contribution in [2.45, 2.75) is 46.6 Å². The monoisotopic (exact) mass is 274 g/mol. The number of aromatic nitrogens is 2. The van der Waals surface area contributed by atoms with E-state index in [9.17, 15) is 4.79 Å². The van der Waals surface area contributed by atoms with Crippen LogP contribution in [0, 0.1) is 6.92 Å². The lowest BCUT2D eigenvalue weighted by molar-refractivity contribution is -0.144. The van der Waals surface area contributed by atoms with E-state index in [-0.39, 0.29) is 11.9 Å². The van der Waals surface area contributed by atoms with Crippen molar-refractivity contribution in [1.29, 1.82) is 0 Å². The maximum Gasteiger partial charge on any atom is 0.316 e. The molecule has 1 aromatic carbocycles. The molecule has 0 aliphatic carbocycles. The van der Waals surface area contributed by atoms with E-state index in [4.69, 9.17) is 4.74 Å². The van der Waals surface area contributed by atoms with Gasteiger partial charge >= 0.3 is 5.97 Å². The van der Waals surface area contributed by atoms with Crippen LogP contribution >= 0.6 is 0 Å². The minimum atomic E-state index is -0.339. The van der Waals surface area contributed by atoms with E-state index in [2.05, 4.69) is 34.7 Å². The van der Waals surface area contributed by atoms with Gasteiger partial charge in [-0.05, 0) is 44.9 Å². The quantitative estimate of drug-likeness (QED) is 0.785. The fourth-order valence-electron chi connectivity index (χ4n) is 2.42. The number of nitrogens with zero attached hydrogens (tertiary/aromatic N) is 2. The van der Waals surface area contributed by atoms with Gasteiger partial charge in [0.15, 0.2) is 0 Å². The third-order valence-electron chi connectivity index (χ3n) is 3.41. The number of rotatable bonds is 5. The molecule has 0 saturated heterocycles. The second-order valence-electron chi connectivity index (χ2n) is 5.09. The zero-order valence-electron chi connectivity index (χ0n) is 12.6. The predicted octanol–water partition coefficient (Wildman–Crippen LogP) is 3.42. The lowest BCUT2D eigenvalue weighted by Gasteiger charge is -2.13. The third kappa shape index (κ3) is 2.69. The molecule has 0 spiro atoms. The molecule has 0 aliphatic heterocycles. The van der Waals surface area contributed by atoms with Gasteiger partial charge < -0.3 is 9.30 Å². The second kappa shape index (κ2) is 6.07. The smallest absolute Gasteiger partial charge is 0.316 e. The molecule has 0 amide bonds. The summed E-state index contributed by atoms with van der Waals surface area (Å²) in [5.41, 5.74) is 3.21. The normalized spacial score (nSPS) is 12.6. The summed E-state index contributed by atoms with van der Waals surface area (Å²) in [5, 5.41) is 0. The Balaban J connectivity index is 2.50. The highest BCUT2D eigenvalue weighted by atomic mass is 16.5. The average molecular weight is 274 g/mol. The molecule has 0 saturated carbocycles. The van der Waals surface area contributed by atoms with Gasteiger partial charge in [0.1, 0.15) is 11.7 Å². The molecule has 4 nitrogen and oxygen atoms in total. The Morgan fingerprint density at radius 3 is 2.80 bits per heavy atom. The van der Waals surface area contributed by atoms with Gasteiger partial charge in [0, 0.05) is 6.54 Å². The Labute approximate surface area is 119 Å². The number of benzene rings is 1. The highest BCUT2D eigenvalue weighted by Crippen LogP contribution is 2.24. The Morgan fingerprint density at radius 1 is 1.40 bits per heavy atom. The van der Waals surface area contributed by atoms with Gasteiger partial charge in [-0.2, -0.15) is 0 Å². The van der Waals surface area contributed by atoms with Crippen LogP contribution in [0.5, 0.6) is 0 Å². The first-order valence-electron chi connectivity index (χ1n) is 7.21. The molecule has 1 atom stereocenters. The van der Waals surface area contributed by atoms with Crippen molar-refractivity contribution in [3.8, 4) is 0 Å². The average Bonchev–Trinajstić information content (AvgIpc) is 2.76. The van der Waals surface area contributed by atoms with Crippen LogP contribution in [-0.2, 0) is 16.1 Å². The van der Waals surface area contributed by atoms with Crippen molar-refractivity contribution < 1.29 is 9.53 Å². The number of hydrogen-bond donors (Lipinski definition) is 0. The Kier molecular flexibility index (Phi) is 4.42. The summed E-state index contributed by atoms with van der Waals surface area (Å²) in [4.78, 5) is 16.6. The van der Waals surface area contributed by atoms with E-state index < -0.39 is 0 Å². The molecule has 1 unspecified atom stereocenters. The van der Waals surface area contributed by atoms with Crippen molar-refractivity contribution in [1.82, 2.24) is 9.55 Å². The van der Waals surface area contributed by atoms with Gasteiger partial charge in [-0.1, -0.05) is 13.0 Å². The number of carbonyl (C=O) groups excluding carboxylic acids is 1. The van der Waals surface area contributed by atoms with Crippen LogP contribution in [0.4, 0.5) is 0 Å². The first-order chi connectivity index (χ1) is 9.58. The highest BCUT2D eigenvalue weighted by molar-refractivity contribution is 5.81. The first kappa shape index (κ1) is 14.6. The van der Waals surface area contributed by atoms with Crippen molar-refractivity contribution in [2.24, 2.45) is 0 Å². The topological polar surface area (TPSA) is 44.1 Å². The fraction of sp³-hybridized carbons (Fsp3) is 0.500. The summed E-state index contributed by atoms with van der Waals surface area (Å²) in [7, 11) is 0. The zero-order chi connectivity index (χ0) is 14.7. The molecule has 108 valence electrons. The molecule has 4 heteroatoms. The zero-order valence-corrected chi connectivity index (χ0v) is 12.6. The van der Waals surface area contributed by atoms with Gasteiger partial charge in [-0.3, -0.25) is 4.79 Å². The van der Waals surface area contributed by atoms with Crippen LogP contribution in [0.2, 0.25) is 0 Å². The van der Waals surface area contributed by atoms with Crippen molar-refractivity contribution >= 4 is 17.0 Å². The molecule has 1 aromatic heterocycles. The molecule has 20 heavy (non-hydrogen) atoms. The van der Waals surface area contributed by atoms with Gasteiger partial charge in [-0.15, -0.1) is 0 Å². The molecule has 0 fully saturated rings. The summed E-state index contributed by atoms with van der Waals surface area (Å²) in [5.74, 6) is 0.247. The fourth-order valence-corrected chi connectivity index (χ4v) is 2.42. The molecular formula is C16H22N2O2. The maximum atomic E-state index is 12.0. The van der Waals surface area contributed by atoms with Crippen LogP contribution < -0.4 is 0 Å². The van der Waals surface area contributed by atoms with E-state index in [0.717, 1.165) is 29.8 Å². The van der Waals surface area contributed by atoms with Crippen LogP contribution in [0.1, 0.15) is 44.5 Å². The van der Waals surface area contributed by atoms with E-state index >= 15 is 0 Å². The van der Waals surface area contributed by atoms with Crippen molar-refractivity contribution in [3.05, 3.63) is 29.6 Å². The van der Waals surface area contributed by atoms with Crippen LogP contribution in [0.25, 0.3) is 11.0 Å². The lowest BCUT2D eigenvalue weighted by Crippen LogP contribution is -2.17. The minimum Gasteiger partial charge on any atom is -0.465 e. The summed E-state index contributed by atoms with van der Waals surface area (Å²) < 4.78 is 7.25. The first-order valence-corrected chi connectivity index (χ1v) is 7.21. The van der Waals surface area contributed by atoms with Gasteiger partial charge in [0.05, 0.1) is 17.6 Å². The van der Waals surface area contributed by atoms with Crippen LogP contribution in [0.3, 0.4) is 0 Å². The molecule has 0 aliphatic rings. The summed E-state index contributed by atoms with van der Waals surface area (Å²) in [6.45, 7) is 9.11. The van der Waals surface area contributed by atoms with E-state index in [0.29, 0.717) is 6.61 Å². The molecule has 2 rings (SSSR count). The SMILES string of the molecule is CCCn1c(C(C)C(=O)OCC)nc2cc(C)ccc21. The minimum absolute atomic E-state index is 0.211. The Hall–Kier alpha value is -1.84. The molecule has 0 bridgehead atoms. The number of carbonyl (C=O) groups is 1. The number of hydrogen-bond acceptors (Lipinski definition) is 3. The number of esters is 1.